The lowest BCUT2D eigenvalue weighted by atomic mass is 9.94. The molecule has 11 heteroatoms. The van der Waals surface area contributed by atoms with Gasteiger partial charge in [-0.25, -0.2) is 4.68 Å². The maximum atomic E-state index is 13.8. The van der Waals surface area contributed by atoms with Crippen LogP contribution >= 0.6 is 23.4 Å². The highest BCUT2D eigenvalue weighted by Crippen LogP contribution is 2.43. The molecule has 0 saturated carbocycles. The van der Waals surface area contributed by atoms with Crippen molar-refractivity contribution in [1.82, 2.24) is 14.8 Å². The van der Waals surface area contributed by atoms with Crippen LogP contribution in [0.1, 0.15) is 24.1 Å². The molecule has 4 aromatic rings. The molecule has 0 aliphatic carbocycles. The van der Waals surface area contributed by atoms with E-state index in [-0.39, 0.29) is 5.91 Å². The van der Waals surface area contributed by atoms with Gasteiger partial charge in [0.1, 0.15) is 11.8 Å². The molecule has 1 aromatic heterocycles. The number of para-hydroxylation sites is 1. The number of nitrogens with one attached hydrogen (secondary N) is 2. The third kappa shape index (κ3) is 5.59. The first kappa shape index (κ1) is 27.4. The van der Waals surface area contributed by atoms with Crippen LogP contribution in [0.4, 0.5) is 11.6 Å². The second kappa shape index (κ2) is 11.9. The molecule has 0 fully saturated rings. The van der Waals surface area contributed by atoms with E-state index in [4.69, 9.17) is 35.9 Å². The third-order valence-corrected chi connectivity index (χ3v) is 7.60. The summed E-state index contributed by atoms with van der Waals surface area (Å²) in [5.74, 6) is 2.64. The van der Waals surface area contributed by atoms with Gasteiger partial charge in [0.2, 0.25) is 11.1 Å². The normalized spacial score (nSPS) is 14.3. The minimum atomic E-state index is -0.642. The predicted octanol–water partition coefficient (Wildman–Crippen LogP) is 6.18. The Morgan fingerprint density at radius 3 is 2.45 bits per heavy atom. The largest absolute Gasteiger partial charge is 0.497 e. The SMILES string of the molecule is COc1ccc(NC(=O)C2=C(C)Nc3nc(SCc4ccc(Cl)cc4)nn3[C@H]2c2cccc(OC)c2OC)cc1. The van der Waals surface area contributed by atoms with Crippen LogP contribution in [-0.4, -0.2) is 42.0 Å². The number of allylic oxidation sites excluding steroid dienone is 1. The van der Waals surface area contributed by atoms with Gasteiger partial charge < -0.3 is 24.8 Å². The monoisotopic (exact) mass is 577 g/mol. The molecule has 1 amide bonds. The van der Waals surface area contributed by atoms with Crippen molar-refractivity contribution in [2.24, 2.45) is 0 Å². The Morgan fingerprint density at radius 2 is 1.77 bits per heavy atom. The maximum absolute atomic E-state index is 13.8. The van der Waals surface area contributed by atoms with Crippen molar-refractivity contribution in [3.63, 3.8) is 0 Å². The van der Waals surface area contributed by atoms with Crippen LogP contribution in [-0.2, 0) is 10.5 Å². The minimum absolute atomic E-state index is 0.290. The highest BCUT2D eigenvalue weighted by atomic mass is 35.5. The molecule has 2 heterocycles. The van der Waals surface area contributed by atoms with Crippen LogP contribution < -0.4 is 24.8 Å². The Balaban J connectivity index is 1.53. The van der Waals surface area contributed by atoms with E-state index < -0.39 is 6.04 Å². The molecule has 2 N–H and O–H groups in total. The summed E-state index contributed by atoms with van der Waals surface area (Å²) in [7, 11) is 4.75. The van der Waals surface area contributed by atoms with Crippen LogP contribution in [0, 0.1) is 0 Å². The van der Waals surface area contributed by atoms with Gasteiger partial charge in [0.05, 0.1) is 26.9 Å². The van der Waals surface area contributed by atoms with E-state index in [9.17, 15) is 4.79 Å². The fraction of sp³-hybridized carbons (Fsp3) is 0.207. The number of nitrogens with zero attached hydrogens (tertiary/aromatic N) is 3. The summed E-state index contributed by atoms with van der Waals surface area (Å²) in [6, 6.07) is 19.7. The lowest BCUT2D eigenvalue weighted by Gasteiger charge is -2.29. The molecule has 9 nitrogen and oxygen atoms in total. The van der Waals surface area contributed by atoms with Gasteiger partial charge in [-0.2, -0.15) is 4.98 Å². The summed E-state index contributed by atoms with van der Waals surface area (Å²) < 4.78 is 18.3. The van der Waals surface area contributed by atoms with E-state index in [1.165, 1.54) is 11.8 Å². The number of hydrogen-bond acceptors (Lipinski definition) is 8. The topological polar surface area (TPSA) is 99.5 Å². The Kier molecular flexibility index (Phi) is 8.18. The fourth-order valence-electron chi connectivity index (χ4n) is 4.50. The highest BCUT2D eigenvalue weighted by molar-refractivity contribution is 7.98. The number of ether oxygens (including phenoxy) is 3. The molecule has 1 atom stereocenters. The van der Waals surface area contributed by atoms with Crippen LogP contribution in [0.3, 0.4) is 0 Å². The van der Waals surface area contributed by atoms with Crippen LogP contribution in [0.25, 0.3) is 0 Å². The van der Waals surface area contributed by atoms with E-state index in [2.05, 4.69) is 10.6 Å². The summed E-state index contributed by atoms with van der Waals surface area (Å²) in [6.45, 7) is 1.85. The Morgan fingerprint density at radius 1 is 1.02 bits per heavy atom. The quantitative estimate of drug-likeness (QED) is 0.228. The number of carbonyl (C=O) groups is 1. The van der Waals surface area contributed by atoms with Gasteiger partial charge in [-0.3, -0.25) is 4.79 Å². The summed E-state index contributed by atoms with van der Waals surface area (Å²) in [5.41, 5.74) is 3.55. The number of benzene rings is 3. The molecular formula is C29H28ClN5O4S. The van der Waals surface area contributed by atoms with Crippen molar-refractivity contribution >= 4 is 40.9 Å². The molecule has 0 radical (unpaired) electrons. The summed E-state index contributed by atoms with van der Waals surface area (Å²) in [5, 5.41) is 12.3. The second-order valence-electron chi connectivity index (χ2n) is 8.91. The first-order valence-corrected chi connectivity index (χ1v) is 13.8. The lowest BCUT2D eigenvalue weighted by Crippen LogP contribution is -2.31. The molecule has 0 bridgehead atoms. The maximum Gasteiger partial charge on any atom is 0.255 e. The number of anilines is 2. The third-order valence-electron chi connectivity index (χ3n) is 6.43. The number of fused-ring (bicyclic) bond motifs is 1. The number of methoxy groups -OCH3 is 3. The average molecular weight is 578 g/mol. The van der Waals surface area contributed by atoms with E-state index >= 15 is 0 Å². The zero-order chi connectivity index (χ0) is 28.2. The van der Waals surface area contributed by atoms with Crippen molar-refractivity contribution in [2.45, 2.75) is 23.9 Å². The molecule has 0 unspecified atom stereocenters. The first-order valence-electron chi connectivity index (χ1n) is 12.4. The van der Waals surface area contributed by atoms with Gasteiger partial charge in [0, 0.05) is 27.7 Å². The number of aromatic nitrogens is 3. The molecular weight excluding hydrogens is 550 g/mol. The molecule has 1 aliphatic rings. The number of amides is 1. The van der Waals surface area contributed by atoms with Gasteiger partial charge in [0.15, 0.2) is 11.5 Å². The van der Waals surface area contributed by atoms with Crippen molar-refractivity contribution in [1.29, 1.82) is 0 Å². The van der Waals surface area contributed by atoms with Gasteiger partial charge in [-0.15, -0.1) is 5.10 Å². The number of hydrogen-bond donors (Lipinski definition) is 2. The van der Waals surface area contributed by atoms with Crippen LogP contribution in [0.15, 0.2) is 83.2 Å². The Hall–Kier alpha value is -4.15. The zero-order valence-electron chi connectivity index (χ0n) is 22.4. The highest BCUT2D eigenvalue weighted by Gasteiger charge is 2.36. The summed E-state index contributed by atoms with van der Waals surface area (Å²) in [4.78, 5) is 18.6. The van der Waals surface area contributed by atoms with Crippen LogP contribution in [0.2, 0.25) is 5.02 Å². The molecule has 0 spiro atoms. The lowest BCUT2D eigenvalue weighted by molar-refractivity contribution is -0.113. The van der Waals surface area contributed by atoms with E-state index in [0.717, 1.165) is 5.56 Å². The van der Waals surface area contributed by atoms with Gasteiger partial charge >= 0.3 is 0 Å². The van der Waals surface area contributed by atoms with Gasteiger partial charge in [-0.05, 0) is 55.0 Å². The van der Waals surface area contributed by atoms with Crippen molar-refractivity contribution in [2.75, 3.05) is 32.0 Å². The summed E-state index contributed by atoms with van der Waals surface area (Å²) in [6.07, 6.45) is 0. The van der Waals surface area contributed by atoms with Crippen molar-refractivity contribution in [3.05, 3.63) is 94.1 Å². The number of halogens is 1. The predicted molar refractivity (Wildman–Crippen MR) is 157 cm³/mol. The average Bonchev–Trinajstić information content (AvgIpc) is 3.38. The van der Waals surface area contributed by atoms with Gasteiger partial charge in [0.25, 0.3) is 5.91 Å². The number of thioether (sulfide) groups is 1. The minimum Gasteiger partial charge on any atom is -0.497 e. The molecule has 3 aromatic carbocycles. The molecule has 5 rings (SSSR count). The van der Waals surface area contributed by atoms with Crippen LogP contribution in [0.5, 0.6) is 17.2 Å². The van der Waals surface area contributed by atoms with E-state index in [1.54, 1.807) is 50.3 Å². The van der Waals surface area contributed by atoms with Crippen molar-refractivity contribution in [3.8, 4) is 17.2 Å². The molecule has 206 valence electrons. The summed E-state index contributed by atoms with van der Waals surface area (Å²) >= 11 is 7.52. The smallest absolute Gasteiger partial charge is 0.255 e. The fourth-order valence-corrected chi connectivity index (χ4v) is 5.41. The van der Waals surface area contributed by atoms with E-state index in [0.29, 0.717) is 61.6 Å². The Labute approximate surface area is 241 Å². The second-order valence-corrected chi connectivity index (χ2v) is 10.3. The number of rotatable bonds is 9. The Bertz CT molecular complexity index is 1550. The molecule has 1 aliphatic heterocycles. The first-order chi connectivity index (χ1) is 19.4. The molecule has 0 saturated heterocycles. The van der Waals surface area contributed by atoms with Gasteiger partial charge in [-0.1, -0.05) is 47.6 Å². The number of carbonyl (C=O) groups excluding carboxylic acids is 1. The standard InChI is InChI=1S/C29H28ClN5O4S/c1-17-24(27(36)32-20-12-14-21(37-2)15-13-20)25(22-6-5-7-23(38-3)26(22)39-4)35-28(31-17)33-29(34-35)40-16-18-8-10-19(30)11-9-18/h5-15,25H,16H2,1-4H3,(H,32,36)(H,31,33,34)/t25-/m0/s1. The van der Waals surface area contributed by atoms with Crippen molar-refractivity contribution < 1.29 is 19.0 Å². The molecule has 40 heavy (non-hydrogen) atoms. The van der Waals surface area contributed by atoms with E-state index in [1.807, 2.05) is 49.4 Å². The zero-order valence-corrected chi connectivity index (χ0v) is 24.0.